The van der Waals surface area contributed by atoms with E-state index in [1.165, 1.54) is 18.5 Å². The molecule has 0 spiro atoms. The highest BCUT2D eigenvalue weighted by atomic mass is 79.9. The molecule has 0 aromatic carbocycles. The van der Waals surface area contributed by atoms with Crippen molar-refractivity contribution >= 4 is 15.9 Å². The van der Waals surface area contributed by atoms with Crippen molar-refractivity contribution in [1.29, 1.82) is 0 Å². The van der Waals surface area contributed by atoms with Crippen molar-refractivity contribution in [1.82, 2.24) is 9.78 Å². The second-order valence-electron chi connectivity index (χ2n) is 5.69. The van der Waals surface area contributed by atoms with Crippen molar-refractivity contribution in [2.75, 3.05) is 0 Å². The molecule has 0 aliphatic heterocycles. The van der Waals surface area contributed by atoms with E-state index in [-0.39, 0.29) is 5.54 Å². The zero-order valence-electron chi connectivity index (χ0n) is 11.0. The first-order chi connectivity index (χ1) is 7.91. The van der Waals surface area contributed by atoms with E-state index in [9.17, 15) is 0 Å². The number of halogens is 1. The summed E-state index contributed by atoms with van der Waals surface area (Å²) in [6.07, 6.45) is 5.70. The Balaban J connectivity index is 2.15. The van der Waals surface area contributed by atoms with Gasteiger partial charge in [0.05, 0.1) is 15.9 Å². The van der Waals surface area contributed by atoms with E-state index < -0.39 is 0 Å². The standard InChI is InChI=1S/C13H22BrN3/c1-9-4-6-13(15,7-5-9)8-11-12(14)10(2)16-17(11)3/h9H,4-8,15H2,1-3H3. The van der Waals surface area contributed by atoms with Crippen molar-refractivity contribution < 1.29 is 0 Å². The molecule has 1 aliphatic rings. The minimum absolute atomic E-state index is 0.0325. The maximum absolute atomic E-state index is 6.54. The van der Waals surface area contributed by atoms with Crippen molar-refractivity contribution in [2.24, 2.45) is 18.7 Å². The van der Waals surface area contributed by atoms with Crippen LogP contribution in [0.4, 0.5) is 0 Å². The number of nitrogens with zero attached hydrogens (tertiary/aromatic N) is 2. The molecule has 0 saturated heterocycles. The SMILES string of the molecule is Cc1nn(C)c(CC2(N)CCC(C)CC2)c1Br. The predicted molar refractivity (Wildman–Crippen MR) is 73.9 cm³/mol. The summed E-state index contributed by atoms with van der Waals surface area (Å²) < 4.78 is 3.09. The monoisotopic (exact) mass is 299 g/mol. The maximum Gasteiger partial charge on any atom is 0.0738 e. The molecular weight excluding hydrogens is 278 g/mol. The lowest BCUT2D eigenvalue weighted by Gasteiger charge is -2.36. The van der Waals surface area contributed by atoms with E-state index in [1.807, 2.05) is 18.7 Å². The van der Waals surface area contributed by atoms with Gasteiger partial charge in [0.2, 0.25) is 0 Å². The summed E-state index contributed by atoms with van der Waals surface area (Å²) in [7, 11) is 2.00. The van der Waals surface area contributed by atoms with Crippen molar-refractivity contribution in [3.63, 3.8) is 0 Å². The smallest absolute Gasteiger partial charge is 0.0738 e. The maximum atomic E-state index is 6.54. The first-order valence-electron chi connectivity index (χ1n) is 6.38. The van der Waals surface area contributed by atoms with Crippen molar-refractivity contribution in [2.45, 2.75) is 51.5 Å². The van der Waals surface area contributed by atoms with Gasteiger partial charge in [-0.05, 0) is 54.5 Å². The molecule has 1 fully saturated rings. The number of aryl methyl sites for hydroxylation is 2. The molecule has 1 aromatic heterocycles. The molecule has 2 N–H and O–H groups in total. The van der Waals surface area contributed by atoms with E-state index in [0.717, 1.165) is 35.3 Å². The highest BCUT2D eigenvalue weighted by Crippen LogP contribution is 2.34. The third-order valence-corrected chi connectivity index (χ3v) is 5.08. The second-order valence-corrected chi connectivity index (χ2v) is 6.48. The van der Waals surface area contributed by atoms with Crippen LogP contribution in [-0.4, -0.2) is 15.3 Å². The van der Waals surface area contributed by atoms with Crippen LogP contribution in [0.2, 0.25) is 0 Å². The number of rotatable bonds is 2. The molecule has 0 amide bonds. The zero-order valence-corrected chi connectivity index (χ0v) is 12.5. The first-order valence-corrected chi connectivity index (χ1v) is 7.17. The molecule has 1 aromatic rings. The van der Waals surface area contributed by atoms with Gasteiger partial charge in [-0.15, -0.1) is 0 Å². The third-order valence-electron chi connectivity index (χ3n) is 4.05. The second kappa shape index (κ2) is 4.73. The molecule has 17 heavy (non-hydrogen) atoms. The van der Waals surface area contributed by atoms with Crippen LogP contribution in [0.1, 0.15) is 44.0 Å². The minimum atomic E-state index is -0.0325. The Kier molecular flexibility index (Phi) is 3.64. The molecule has 96 valence electrons. The Morgan fingerprint density at radius 2 is 2.06 bits per heavy atom. The molecule has 0 bridgehead atoms. The van der Waals surface area contributed by atoms with Crippen LogP contribution in [0.15, 0.2) is 4.47 Å². The van der Waals surface area contributed by atoms with Gasteiger partial charge >= 0.3 is 0 Å². The van der Waals surface area contributed by atoms with Gasteiger partial charge in [0.15, 0.2) is 0 Å². The lowest BCUT2D eigenvalue weighted by molar-refractivity contribution is 0.240. The van der Waals surface area contributed by atoms with Gasteiger partial charge in [0.1, 0.15) is 0 Å². The Morgan fingerprint density at radius 1 is 1.47 bits per heavy atom. The minimum Gasteiger partial charge on any atom is -0.325 e. The summed E-state index contributed by atoms with van der Waals surface area (Å²) >= 11 is 3.62. The largest absolute Gasteiger partial charge is 0.325 e. The number of hydrogen-bond donors (Lipinski definition) is 1. The van der Waals surface area contributed by atoms with E-state index in [0.29, 0.717) is 0 Å². The fraction of sp³-hybridized carbons (Fsp3) is 0.769. The van der Waals surface area contributed by atoms with E-state index >= 15 is 0 Å². The predicted octanol–water partition coefficient (Wildman–Crippen LogP) is 2.94. The Bertz CT molecular complexity index is 403. The summed E-state index contributed by atoms with van der Waals surface area (Å²) in [5, 5.41) is 4.44. The summed E-state index contributed by atoms with van der Waals surface area (Å²) in [5.74, 6) is 0.836. The van der Waals surface area contributed by atoms with Crippen molar-refractivity contribution in [3.05, 3.63) is 15.9 Å². The van der Waals surface area contributed by atoms with Gasteiger partial charge in [-0.1, -0.05) is 6.92 Å². The molecule has 0 atom stereocenters. The van der Waals surface area contributed by atoms with E-state index in [4.69, 9.17) is 5.73 Å². The van der Waals surface area contributed by atoms with Crippen LogP contribution in [0.25, 0.3) is 0 Å². The molecule has 4 heteroatoms. The van der Waals surface area contributed by atoms with Crippen LogP contribution >= 0.6 is 15.9 Å². The van der Waals surface area contributed by atoms with Gasteiger partial charge in [-0.25, -0.2) is 0 Å². The van der Waals surface area contributed by atoms with Gasteiger partial charge in [0, 0.05) is 19.0 Å². The summed E-state index contributed by atoms with van der Waals surface area (Å²) in [5.41, 5.74) is 8.79. The molecule has 0 unspecified atom stereocenters. The molecule has 3 nitrogen and oxygen atoms in total. The van der Waals surface area contributed by atoms with Gasteiger partial charge < -0.3 is 5.73 Å². The van der Waals surface area contributed by atoms with Crippen LogP contribution in [0, 0.1) is 12.8 Å². The lowest BCUT2D eigenvalue weighted by atomic mass is 9.75. The van der Waals surface area contributed by atoms with Crippen molar-refractivity contribution in [3.8, 4) is 0 Å². The highest BCUT2D eigenvalue weighted by molar-refractivity contribution is 9.10. The molecule has 0 radical (unpaired) electrons. The number of aromatic nitrogens is 2. The van der Waals surface area contributed by atoms with E-state index in [2.05, 4.69) is 28.0 Å². The fourth-order valence-electron chi connectivity index (χ4n) is 2.72. The Hall–Kier alpha value is -0.350. The molecule has 1 heterocycles. The average Bonchev–Trinajstić information content (AvgIpc) is 2.50. The van der Waals surface area contributed by atoms with E-state index in [1.54, 1.807) is 0 Å². The fourth-order valence-corrected chi connectivity index (χ4v) is 3.20. The quantitative estimate of drug-likeness (QED) is 0.912. The van der Waals surface area contributed by atoms with Gasteiger partial charge in [-0.3, -0.25) is 4.68 Å². The van der Waals surface area contributed by atoms with Crippen LogP contribution in [-0.2, 0) is 13.5 Å². The van der Waals surface area contributed by atoms with Crippen LogP contribution in [0.5, 0.6) is 0 Å². The zero-order chi connectivity index (χ0) is 12.6. The van der Waals surface area contributed by atoms with Crippen LogP contribution < -0.4 is 5.73 Å². The van der Waals surface area contributed by atoms with Crippen LogP contribution in [0.3, 0.4) is 0 Å². The highest BCUT2D eigenvalue weighted by Gasteiger charge is 2.32. The summed E-state index contributed by atoms with van der Waals surface area (Å²) in [6, 6.07) is 0. The average molecular weight is 300 g/mol. The molecule has 1 aliphatic carbocycles. The Morgan fingerprint density at radius 3 is 2.53 bits per heavy atom. The molecule has 2 rings (SSSR count). The number of nitrogens with two attached hydrogens (primary N) is 1. The van der Waals surface area contributed by atoms with Gasteiger partial charge in [0.25, 0.3) is 0 Å². The lowest BCUT2D eigenvalue weighted by Crippen LogP contribution is -2.45. The topological polar surface area (TPSA) is 43.8 Å². The third kappa shape index (κ3) is 2.74. The number of hydrogen-bond acceptors (Lipinski definition) is 2. The normalized spacial score (nSPS) is 29.6. The molecular formula is C13H22BrN3. The Labute approximate surface area is 112 Å². The molecule has 1 saturated carbocycles. The first kappa shape index (κ1) is 13.1. The summed E-state index contributed by atoms with van der Waals surface area (Å²) in [6.45, 7) is 4.35. The van der Waals surface area contributed by atoms with Gasteiger partial charge in [-0.2, -0.15) is 5.10 Å². The summed E-state index contributed by atoms with van der Waals surface area (Å²) in [4.78, 5) is 0.